The Morgan fingerprint density at radius 2 is 2.54 bits per heavy atom. The van der Waals surface area contributed by atoms with Gasteiger partial charge in [0, 0.05) is 11.0 Å². The van der Waals surface area contributed by atoms with Crippen molar-refractivity contribution in [1.29, 1.82) is 0 Å². The summed E-state index contributed by atoms with van der Waals surface area (Å²) < 4.78 is 0. The van der Waals surface area contributed by atoms with Crippen LogP contribution < -0.4 is 5.56 Å². The zero-order chi connectivity index (χ0) is 9.52. The molecule has 0 aliphatic rings. The van der Waals surface area contributed by atoms with Crippen LogP contribution in [0.4, 0.5) is 0 Å². The van der Waals surface area contributed by atoms with Gasteiger partial charge in [-0.05, 0) is 17.5 Å². The quantitative estimate of drug-likeness (QED) is 0.290. The molecule has 0 fully saturated rings. The van der Waals surface area contributed by atoms with Gasteiger partial charge in [0.1, 0.15) is 5.69 Å². The molecule has 1 aromatic heterocycles. The molecule has 0 bridgehead atoms. The Kier molecular flexibility index (Phi) is 3.12. The molecule has 0 amide bonds. The molecule has 1 aromatic rings. The van der Waals surface area contributed by atoms with E-state index in [1.165, 1.54) is 12.1 Å². The summed E-state index contributed by atoms with van der Waals surface area (Å²) in [4.78, 5) is 13.1. The second-order valence-corrected chi connectivity index (χ2v) is 2.00. The third-order valence-corrected chi connectivity index (χ3v) is 1.11. The number of hydrogen-bond acceptors (Lipinski definition) is 3. The van der Waals surface area contributed by atoms with E-state index in [0.29, 0.717) is 5.69 Å². The molecule has 0 aliphatic carbocycles. The van der Waals surface area contributed by atoms with E-state index >= 15 is 0 Å². The third kappa shape index (κ3) is 3.10. The molecule has 6 heteroatoms. The van der Waals surface area contributed by atoms with Gasteiger partial charge in [0.15, 0.2) is 0 Å². The lowest BCUT2D eigenvalue weighted by Crippen LogP contribution is -2.05. The van der Waals surface area contributed by atoms with Gasteiger partial charge in [-0.3, -0.25) is 4.79 Å². The third-order valence-electron chi connectivity index (χ3n) is 1.11. The predicted octanol–water partition coefficient (Wildman–Crippen LogP) is 0.432. The zero-order valence-corrected chi connectivity index (χ0v) is 6.56. The summed E-state index contributed by atoms with van der Waals surface area (Å²) >= 11 is 0. The summed E-state index contributed by atoms with van der Waals surface area (Å²) in [5, 5.41) is 9.07. The van der Waals surface area contributed by atoms with Crippen molar-refractivity contribution < 1.29 is 0 Å². The van der Waals surface area contributed by atoms with Gasteiger partial charge >= 0.3 is 0 Å². The summed E-state index contributed by atoms with van der Waals surface area (Å²) in [6, 6.07) is 2.81. The van der Waals surface area contributed by atoms with Crippen LogP contribution in [0.5, 0.6) is 0 Å². The second kappa shape index (κ2) is 4.59. The van der Waals surface area contributed by atoms with Gasteiger partial charge in [0.05, 0.1) is 6.54 Å². The Hall–Kier alpha value is -2.25. The van der Waals surface area contributed by atoms with Crippen LogP contribution in [0.15, 0.2) is 22.0 Å². The summed E-state index contributed by atoms with van der Waals surface area (Å²) in [6.07, 6.45) is 0. The summed E-state index contributed by atoms with van der Waals surface area (Å²) in [6.45, 7) is 0.0946. The molecule has 1 N–H and O–H groups in total. The molecule has 0 saturated carbocycles. The van der Waals surface area contributed by atoms with Crippen molar-refractivity contribution in [3.8, 4) is 11.8 Å². The van der Waals surface area contributed by atoms with Crippen molar-refractivity contribution >= 4 is 0 Å². The van der Waals surface area contributed by atoms with Crippen molar-refractivity contribution in [2.75, 3.05) is 6.54 Å². The lowest BCUT2D eigenvalue weighted by molar-refractivity contribution is 0.973. The lowest BCUT2D eigenvalue weighted by atomic mass is 10.4. The van der Waals surface area contributed by atoms with E-state index < -0.39 is 0 Å². The van der Waals surface area contributed by atoms with Gasteiger partial charge in [0.2, 0.25) is 0 Å². The summed E-state index contributed by atoms with van der Waals surface area (Å²) in [5.74, 6) is 5.18. The zero-order valence-electron chi connectivity index (χ0n) is 6.56. The fraction of sp³-hybridized carbons (Fsp3) is 0.143. The highest BCUT2D eigenvalue weighted by Gasteiger charge is 1.85. The monoisotopic (exact) mass is 175 g/mol. The highest BCUT2D eigenvalue weighted by molar-refractivity contribution is 5.25. The maximum Gasteiger partial charge on any atom is 0.264 e. The molecular weight excluding hydrogens is 170 g/mol. The first-order valence-electron chi connectivity index (χ1n) is 3.38. The van der Waals surface area contributed by atoms with Crippen molar-refractivity contribution in [3.05, 3.63) is 38.6 Å². The first kappa shape index (κ1) is 8.84. The van der Waals surface area contributed by atoms with Gasteiger partial charge in [-0.15, -0.1) is 0 Å². The maximum atomic E-state index is 10.6. The number of aromatic amines is 1. The van der Waals surface area contributed by atoms with Crippen molar-refractivity contribution in [2.24, 2.45) is 5.11 Å². The van der Waals surface area contributed by atoms with E-state index in [0.717, 1.165) is 0 Å². The van der Waals surface area contributed by atoms with Gasteiger partial charge in [-0.25, -0.2) is 5.10 Å². The molecule has 0 unspecified atom stereocenters. The molecule has 6 nitrogen and oxygen atoms in total. The van der Waals surface area contributed by atoms with E-state index in [2.05, 4.69) is 32.1 Å². The Morgan fingerprint density at radius 3 is 3.15 bits per heavy atom. The molecule has 1 heterocycles. The Bertz CT molecular complexity index is 425. The normalized spacial score (nSPS) is 8.00. The molecular formula is C7H5N5O. The second-order valence-electron chi connectivity index (χ2n) is 2.00. The van der Waals surface area contributed by atoms with Crippen LogP contribution >= 0.6 is 0 Å². The first-order valence-corrected chi connectivity index (χ1v) is 3.38. The number of aromatic nitrogens is 2. The van der Waals surface area contributed by atoms with Crippen molar-refractivity contribution in [2.45, 2.75) is 0 Å². The molecule has 0 atom stereocenters. The van der Waals surface area contributed by atoms with Crippen LogP contribution in [0.2, 0.25) is 0 Å². The van der Waals surface area contributed by atoms with Crippen LogP contribution in [0.25, 0.3) is 10.4 Å². The summed E-state index contributed by atoms with van der Waals surface area (Å²) in [5.41, 5.74) is 8.09. The number of H-pyrrole nitrogens is 1. The Morgan fingerprint density at radius 1 is 1.69 bits per heavy atom. The average molecular weight is 175 g/mol. The van der Waals surface area contributed by atoms with Crippen molar-refractivity contribution in [3.63, 3.8) is 0 Å². The van der Waals surface area contributed by atoms with Crippen molar-refractivity contribution in [1.82, 2.24) is 10.2 Å². The maximum absolute atomic E-state index is 10.6. The van der Waals surface area contributed by atoms with Crippen LogP contribution in [0.3, 0.4) is 0 Å². The number of azide groups is 1. The van der Waals surface area contributed by atoms with E-state index in [-0.39, 0.29) is 12.1 Å². The minimum Gasteiger partial charge on any atom is -0.268 e. The van der Waals surface area contributed by atoms with E-state index in [1.54, 1.807) is 0 Å². The van der Waals surface area contributed by atoms with Gasteiger partial charge in [-0.2, -0.15) is 5.10 Å². The largest absolute Gasteiger partial charge is 0.268 e. The summed E-state index contributed by atoms with van der Waals surface area (Å²) in [7, 11) is 0. The molecule has 0 spiro atoms. The molecule has 0 aliphatic heterocycles. The lowest BCUT2D eigenvalue weighted by Gasteiger charge is -1.84. The highest BCUT2D eigenvalue weighted by Crippen LogP contribution is 1.82. The van der Waals surface area contributed by atoms with E-state index in [1.807, 2.05) is 0 Å². The first-order chi connectivity index (χ1) is 6.33. The Balaban J connectivity index is 2.72. The molecule has 0 radical (unpaired) electrons. The predicted molar refractivity (Wildman–Crippen MR) is 45.7 cm³/mol. The van der Waals surface area contributed by atoms with Gasteiger partial charge < -0.3 is 0 Å². The van der Waals surface area contributed by atoms with E-state index in [9.17, 15) is 4.79 Å². The SMILES string of the molecule is [N-]=[N+]=NCC#Cc1ccc(=O)[nH]n1. The van der Waals surface area contributed by atoms with Crippen LogP contribution in [0, 0.1) is 11.8 Å². The number of rotatable bonds is 1. The Labute approximate surface area is 73.2 Å². The van der Waals surface area contributed by atoms with Crippen LogP contribution in [-0.2, 0) is 0 Å². The van der Waals surface area contributed by atoms with Crippen LogP contribution in [-0.4, -0.2) is 16.7 Å². The minimum absolute atomic E-state index is 0.0946. The molecule has 64 valence electrons. The number of nitrogens with one attached hydrogen (secondary N) is 1. The smallest absolute Gasteiger partial charge is 0.264 e. The molecule has 0 saturated heterocycles. The number of hydrogen-bond donors (Lipinski definition) is 1. The molecule has 13 heavy (non-hydrogen) atoms. The number of nitrogens with zero attached hydrogens (tertiary/aromatic N) is 4. The van der Waals surface area contributed by atoms with Gasteiger partial charge in [-0.1, -0.05) is 11.0 Å². The fourth-order valence-corrected chi connectivity index (χ4v) is 0.611. The van der Waals surface area contributed by atoms with Crippen LogP contribution in [0.1, 0.15) is 5.69 Å². The van der Waals surface area contributed by atoms with E-state index in [4.69, 9.17) is 5.53 Å². The van der Waals surface area contributed by atoms with Gasteiger partial charge in [0.25, 0.3) is 5.56 Å². The minimum atomic E-state index is -0.277. The molecule has 0 aromatic carbocycles. The average Bonchev–Trinajstić information content (AvgIpc) is 2.15. The highest BCUT2D eigenvalue weighted by atomic mass is 16.1. The molecule has 1 rings (SSSR count). The standard InChI is InChI=1S/C7H5N5O/c8-12-9-5-1-2-6-3-4-7(13)11-10-6/h3-4H,5H2,(H,11,13). The topological polar surface area (TPSA) is 94.5 Å². The fourth-order valence-electron chi connectivity index (χ4n) is 0.611.